The maximum absolute atomic E-state index is 12.1. The van der Waals surface area contributed by atoms with Gasteiger partial charge >= 0.3 is 0 Å². The molecule has 0 saturated carbocycles. The van der Waals surface area contributed by atoms with Crippen molar-refractivity contribution in [2.24, 2.45) is 4.99 Å². The molecule has 0 bridgehead atoms. The van der Waals surface area contributed by atoms with E-state index in [0.29, 0.717) is 18.0 Å². The van der Waals surface area contributed by atoms with Gasteiger partial charge < -0.3 is 10.1 Å². The standard InChI is InChI=1S/C21H21ClN2O2/c1-14(2)26-17-10-7-15(8-11-17)13-19-21(25)24-20(23-19)12-9-16-5-3-4-6-18(16)22/h3-8,10-11,13-14H,9,12H2,1-2H3,(H,23,24,25)/b19-13+. The molecule has 0 fully saturated rings. The number of carbonyl (C=O) groups is 1. The van der Waals surface area contributed by atoms with Gasteiger partial charge in [0.25, 0.3) is 5.91 Å². The third-order valence-electron chi connectivity index (χ3n) is 3.89. The van der Waals surface area contributed by atoms with Gasteiger partial charge in [0.1, 0.15) is 17.3 Å². The van der Waals surface area contributed by atoms with Gasteiger partial charge in [-0.3, -0.25) is 4.79 Å². The molecule has 1 heterocycles. The Bertz CT molecular complexity index is 855. The Balaban J connectivity index is 1.67. The molecule has 0 spiro atoms. The second-order valence-electron chi connectivity index (χ2n) is 6.37. The summed E-state index contributed by atoms with van der Waals surface area (Å²) in [7, 11) is 0. The molecule has 4 nitrogen and oxygen atoms in total. The predicted octanol–water partition coefficient (Wildman–Crippen LogP) is 4.63. The van der Waals surface area contributed by atoms with Crippen molar-refractivity contribution < 1.29 is 9.53 Å². The van der Waals surface area contributed by atoms with E-state index in [4.69, 9.17) is 16.3 Å². The van der Waals surface area contributed by atoms with E-state index in [1.165, 1.54) is 0 Å². The van der Waals surface area contributed by atoms with Crippen LogP contribution in [0.2, 0.25) is 5.02 Å². The first kappa shape index (κ1) is 18.2. The molecule has 1 N–H and O–H groups in total. The van der Waals surface area contributed by atoms with Crippen molar-refractivity contribution in [2.75, 3.05) is 0 Å². The largest absolute Gasteiger partial charge is 0.491 e. The van der Waals surface area contributed by atoms with E-state index in [0.717, 1.165) is 28.3 Å². The van der Waals surface area contributed by atoms with E-state index in [-0.39, 0.29) is 12.0 Å². The summed E-state index contributed by atoms with van der Waals surface area (Å²) in [4.78, 5) is 16.6. The van der Waals surface area contributed by atoms with Crippen LogP contribution in [0.15, 0.2) is 59.2 Å². The summed E-state index contributed by atoms with van der Waals surface area (Å²) >= 11 is 6.17. The summed E-state index contributed by atoms with van der Waals surface area (Å²) in [5.41, 5.74) is 2.36. The zero-order valence-electron chi connectivity index (χ0n) is 14.8. The Morgan fingerprint density at radius 2 is 1.85 bits per heavy atom. The van der Waals surface area contributed by atoms with Crippen LogP contribution in [0, 0.1) is 0 Å². The lowest BCUT2D eigenvalue weighted by molar-refractivity contribution is -0.115. The highest BCUT2D eigenvalue weighted by molar-refractivity contribution is 6.31. The molecular weight excluding hydrogens is 348 g/mol. The van der Waals surface area contributed by atoms with Gasteiger partial charge in [-0.1, -0.05) is 41.9 Å². The van der Waals surface area contributed by atoms with Crippen LogP contribution in [0.1, 0.15) is 31.4 Å². The van der Waals surface area contributed by atoms with Crippen LogP contribution in [0.5, 0.6) is 5.75 Å². The zero-order chi connectivity index (χ0) is 18.5. The molecule has 0 atom stereocenters. The average molecular weight is 369 g/mol. The van der Waals surface area contributed by atoms with E-state index in [2.05, 4.69) is 10.3 Å². The summed E-state index contributed by atoms with van der Waals surface area (Å²) in [5, 5.41) is 3.56. The molecule has 0 radical (unpaired) electrons. The molecule has 26 heavy (non-hydrogen) atoms. The smallest absolute Gasteiger partial charge is 0.275 e. The molecule has 0 aromatic heterocycles. The normalized spacial score (nSPS) is 15.3. The molecule has 134 valence electrons. The Morgan fingerprint density at radius 1 is 1.12 bits per heavy atom. The molecule has 2 aromatic carbocycles. The number of aliphatic imine (C=N–C) groups is 1. The van der Waals surface area contributed by atoms with Crippen molar-refractivity contribution in [1.82, 2.24) is 5.32 Å². The fourth-order valence-electron chi connectivity index (χ4n) is 2.66. The fraction of sp³-hybridized carbons (Fsp3) is 0.238. The molecule has 0 unspecified atom stereocenters. The van der Waals surface area contributed by atoms with E-state index in [1.807, 2.05) is 62.4 Å². The Kier molecular flexibility index (Phi) is 5.74. The first-order valence-electron chi connectivity index (χ1n) is 8.62. The maximum atomic E-state index is 12.1. The summed E-state index contributed by atoms with van der Waals surface area (Å²) < 4.78 is 5.62. The van der Waals surface area contributed by atoms with E-state index in [1.54, 1.807) is 6.08 Å². The van der Waals surface area contributed by atoms with Crippen molar-refractivity contribution >= 4 is 29.4 Å². The first-order valence-corrected chi connectivity index (χ1v) is 9.00. The second-order valence-corrected chi connectivity index (χ2v) is 6.78. The number of amidine groups is 1. The van der Waals surface area contributed by atoms with Crippen LogP contribution in [0.25, 0.3) is 6.08 Å². The van der Waals surface area contributed by atoms with Crippen LogP contribution in [-0.4, -0.2) is 17.8 Å². The number of halogens is 1. The summed E-state index contributed by atoms with van der Waals surface area (Å²) in [6, 6.07) is 15.3. The van der Waals surface area contributed by atoms with Gasteiger partial charge in [0, 0.05) is 11.4 Å². The first-order chi connectivity index (χ1) is 12.5. The van der Waals surface area contributed by atoms with Gasteiger partial charge in [-0.2, -0.15) is 0 Å². The molecule has 1 amide bonds. The highest BCUT2D eigenvalue weighted by atomic mass is 35.5. The lowest BCUT2D eigenvalue weighted by Crippen LogP contribution is -2.24. The molecule has 0 saturated heterocycles. The molecular formula is C21H21ClN2O2. The molecule has 1 aliphatic rings. The molecule has 5 heteroatoms. The fourth-order valence-corrected chi connectivity index (χ4v) is 2.89. The summed E-state index contributed by atoms with van der Waals surface area (Å²) in [5.74, 6) is 1.30. The number of hydrogen-bond donors (Lipinski definition) is 1. The lowest BCUT2D eigenvalue weighted by atomic mass is 10.1. The van der Waals surface area contributed by atoms with Gasteiger partial charge in [-0.05, 0) is 55.7 Å². The summed E-state index contributed by atoms with van der Waals surface area (Å²) in [6.45, 7) is 3.97. The third kappa shape index (κ3) is 4.73. The number of hydrogen-bond acceptors (Lipinski definition) is 3. The van der Waals surface area contributed by atoms with E-state index < -0.39 is 0 Å². The number of carbonyl (C=O) groups excluding carboxylic acids is 1. The van der Waals surface area contributed by atoms with Gasteiger partial charge in [0.15, 0.2) is 0 Å². The Hall–Kier alpha value is -2.59. The lowest BCUT2D eigenvalue weighted by Gasteiger charge is -2.09. The number of ether oxygens (including phenoxy) is 1. The zero-order valence-corrected chi connectivity index (χ0v) is 15.6. The predicted molar refractivity (Wildman–Crippen MR) is 106 cm³/mol. The van der Waals surface area contributed by atoms with Crippen LogP contribution in [0.3, 0.4) is 0 Å². The number of aryl methyl sites for hydroxylation is 1. The number of nitrogens with zero attached hydrogens (tertiary/aromatic N) is 1. The average Bonchev–Trinajstić information content (AvgIpc) is 2.95. The molecule has 1 aliphatic heterocycles. The summed E-state index contributed by atoms with van der Waals surface area (Å²) in [6.07, 6.45) is 3.27. The minimum absolute atomic E-state index is 0.130. The number of amides is 1. The minimum atomic E-state index is -0.179. The topological polar surface area (TPSA) is 50.7 Å². The number of benzene rings is 2. The van der Waals surface area contributed by atoms with Crippen LogP contribution < -0.4 is 10.1 Å². The molecule has 0 aliphatic carbocycles. The van der Waals surface area contributed by atoms with Crippen LogP contribution in [0.4, 0.5) is 0 Å². The monoisotopic (exact) mass is 368 g/mol. The van der Waals surface area contributed by atoms with Crippen molar-refractivity contribution in [3.05, 3.63) is 70.4 Å². The van der Waals surface area contributed by atoms with Crippen molar-refractivity contribution in [1.29, 1.82) is 0 Å². The van der Waals surface area contributed by atoms with Crippen molar-refractivity contribution in [3.8, 4) is 5.75 Å². The Morgan fingerprint density at radius 3 is 2.54 bits per heavy atom. The maximum Gasteiger partial charge on any atom is 0.275 e. The Labute approximate surface area is 158 Å². The van der Waals surface area contributed by atoms with Crippen molar-refractivity contribution in [2.45, 2.75) is 32.8 Å². The SMILES string of the molecule is CC(C)Oc1ccc(/C=C2/N=C(CCc3ccccc3Cl)NC2=O)cc1. The number of rotatable bonds is 6. The van der Waals surface area contributed by atoms with Crippen LogP contribution >= 0.6 is 11.6 Å². The third-order valence-corrected chi connectivity index (χ3v) is 4.26. The quantitative estimate of drug-likeness (QED) is 0.756. The van der Waals surface area contributed by atoms with E-state index in [9.17, 15) is 4.79 Å². The number of nitrogens with one attached hydrogen (secondary N) is 1. The molecule has 3 rings (SSSR count). The van der Waals surface area contributed by atoms with Gasteiger partial charge in [-0.15, -0.1) is 0 Å². The van der Waals surface area contributed by atoms with Gasteiger partial charge in [0.2, 0.25) is 0 Å². The highest BCUT2D eigenvalue weighted by Gasteiger charge is 2.19. The van der Waals surface area contributed by atoms with Crippen molar-refractivity contribution in [3.63, 3.8) is 0 Å². The van der Waals surface area contributed by atoms with Crippen LogP contribution in [-0.2, 0) is 11.2 Å². The molecule has 2 aromatic rings. The van der Waals surface area contributed by atoms with Gasteiger partial charge in [0.05, 0.1) is 6.10 Å². The van der Waals surface area contributed by atoms with Gasteiger partial charge in [-0.25, -0.2) is 4.99 Å². The highest BCUT2D eigenvalue weighted by Crippen LogP contribution is 2.20. The minimum Gasteiger partial charge on any atom is -0.491 e. The second kappa shape index (κ2) is 8.19. The van der Waals surface area contributed by atoms with E-state index >= 15 is 0 Å².